The van der Waals surface area contributed by atoms with Gasteiger partial charge in [-0.05, 0) is 37.0 Å². The van der Waals surface area contributed by atoms with Crippen LogP contribution < -0.4 is 5.32 Å². The molecule has 0 aliphatic heterocycles. The van der Waals surface area contributed by atoms with Gasteiger partial charge in [-0.25, -0.2) is 0 Å². The summed E-state index contributed by atoms with van der Waals surface area (Å²) in [6.07, 6.45) is 3.87. The molecule has 5 nitrogen and oxygen atoms in total. The molecule has 0 saturated heterocycles. The van der Waals surface area contributed by atoms with E-state index in [9.17, 15) is 14.9 Å². The van der Waals surface area contributed by atoms with Crippen LogP contribution in [0.1, 0.15) is 23.2 Å². The first-order valence-corrected chi connectivity index (χ1v) is 7.55. The quantitative estimate of drug-likeness (QED) is 0.477. The fraction of sp³-hybridized carbons (Fsp3) is 0.417. The Kier molecular flexibility index (Phi) is 6.66. The molecule has 0 aromatic heterocycles. The summed E-state index contributed by atoms with van der Waals surface area (Å²) in [5.41, 5.74) is -0.340. The van der Waals surface area contributed by atoms with Crippen LogP contribution in [0.5, 0.6) is 0 Å². The van der Waals surface area contributed by atoms with Crippen LogP contribution in [-0.2, 0) is 0 Å². The van der Waals surface area contributed by atoms with Crippen LogP contribution in [0.2, 0.25) is 5.02 Å². The van der Waals surface area contributed by atoms with Crippen molar-refractivity contribution in [3.05, 3.63) is 38.9 Å². The van der Waals surface area contributed by atoms with Crippen molar-refractivity contribution >= 4 is 35.0 Å². The molecular formula is C12H15ClN2O3S. The summed E-state index contributed by atoms with van der Waals surface area (Å²) in [7, 11) is 0. The van der Waals surface area contributed by atoms with Crippen LogP contribution in [0, 0.1) is 10.1 Å². The zero-order valence-corrected chi connectivity index (χ0v) is 12.1. The van der Waals surface area contributed by atoms with Gasteiger partial charge in [-0.2, -0.15) is 11.8 Å². The third-order valence-electron chi connectivity index (χ3n) is 2.47. The lowest BCUT2D eigenvalue weighted by Crippen LogP contribution is -2.25. The number of nitrogens with one attached hydrogen (secondary N) is 1. The van der Waals surface area contributed by atoms with Crippen molar-refractivity contribution in [2.75, 3.05) is 18.6 Å². The first-order valence-electron chi connectivity index (χ1n) is 5.78. The molecule has 0 atom stereocenters. The molecule has 0 bridgehead atoms. The number of benzene rings is 1. The lowest BCUT2D eigenvalue weighted by atomic mass is 10.1. The van der Waals surface area contributed by atoms with Crippen LogP contribution in [0.25, 0.3) is 0 Å². The van der Waals surface area contributed by atoms with Gasteiger partial charge in [0.15, 0.2) is 0 Å². The maximum absolute atomic E-state index is 11.9. The van der Waals surface area contributed by atoms with Crippen molar-refractivity contribution in [2.45, 2.75) is 12.8 Å². The standard InChI is InChI=1S/C12H15ClN2O3S/c1-19-8-3-2-7-14-12(16)9-5-4-6-10(13)11(9)15(17)18/h4-6H,2-3,7-8H2,1H3,(H,14,16). The minimum atomic E-state index is -0.634. The largest absolute Gasteiger partial charge is 0.352 e. The Labute approximate surface area is 120 Å². The van der Waals surface area contributed by atoms with Crippen LogP contribution in [0.15, 0.2) is 18.2 Å². The average molecular weight is 303 g/mol. The van der Waals surface area contributed by atoms with Gasteiger partial charge in [-0.3, -0.25) is 14.9 Å². The zero-order chi connectivity index (χ0) is 14.3. The molecular weight excluding hydrogens is 288 g/mol. The smallest absolute Gasteiger partial charge is 0.300 e. The van der Waals surface area contributed by atoms with Gasteiger partial charge in [-0.1, -0.05) is 17.7 Å². The van der Waals surface area contributed by atoms with E-state index in [1.54, 1.807) is 11.8 Å². The number of nitro benzene ring substituents is 1. The summed E-state index contributed by atoms with van der Waals surface area (Å²) >= 11 is 7.49. The summed E-state index contributed by atoms with van der Waals surface area (Å²) in [5.74, 6) is 0.575. The Hall–Kier alpha value is -1.27. The highest BCUT2D eigenvalue weighted by Gasteiger charge is 2.23. The number of unbranched alkanes of at least 4 members (excludes halogenated alkanes) is 1. The van der Waals surface area contributed by atoms with Gasteiger partial charge in [0.05, 0.1) is 4.92 Å². The molecule has 0 fully saturated rings. The van der Waals surface area contributed by atoms with Crippen molar-refractivity contribution in [1.82, 2.24) is 5.32 Å². The van der Waals surface area contributed by atoms with E-state index >= 15 is 0 Å². The number of carbonyl (C=O) groups is 1. The molecule has 0 heterocycles. The van der Waals surface area contributed by atoms with E-state index in [1.807, 2.05) is 6.26 Å². The van der Waals surface area contributed by atoms with Crippen LogP contribution in [0.4, 0.5) is 5.69 Å². The number of rotatable bonds is 7. The van der Waals surface area contributed by atoms with Gasteiger partial charge < -0.3 is 5.32 Å². The van der Waals surface area contributed by atoms with Gasteiger partial charge in [-0.15, -0.1) is 0 Å². The number of halogens is 1. The molecule has 1 amide bonds. The van der Waals surface area contributed by atoms with E-state index in [4.69, 9.17) is 11.6 Å². The number of hydrogen-bond acceptors (Lipinski definition) is 4. The van der Waals surface area contributed by atoms with Crippen LogP contribution in [0.3, 0.4) is 0 Å². The maximum Gasteiger partial charge on any atom is 0.300 e. The summed E-state index contributed by atoms with van der Waals surface area (Å²) in [4.78, 5) is 22.1. The van der Waals surface area contributed by atoms with E-state index in [1.165, 1.54) is 18.2 Å². The second kappa shape index (κ2) is 8.01. The number of nitro groups is 1. The highest BCUT2D eigenvalue weighted by atomic mass is 35.5. The zero-order valence-electron chi connectivity index (χ0n) is 10.5. The van der Waals surface area contributed by atoms with E-state index in [-0.39, 0.29) is 16.3 Å². The highest BCUT2D eigenvalue weighted by molar-refractivity contribution is 7.98. The SMILES string of the molecule is CSCCCCNC(=O)c1cccc(Cl)c1[N+](=O)[O-]. The van der Waals surface area contributed by atoms with Crippen molar-refractivity contribution < 1.29 is 9.72 Å². The Morgan fingerprint density at radius 2 is 2.21 bits per heavy atom. The normalized spacial score (nSPS) is 10.2. The topological polar surface area (TPSA) is 72.2 Å². The van der Waals surface area contributed by atoms with Crippen molar-refractivity contribution in [2.24, 2.45) is 0 Å². The van der Waals surface area contributed by atoms with Gasteiger partial charge in [0.25, 0.3) is 5.91 Å². The first-order chi connectivity index (χ1) is 9.07. The minimum absolute atomic E-state index is 0.00219. The van der Waals surface area contributed by atoms with Gasteiger partial charge in [0.2, 0.25) is 0 Å². The molecule has 7 heteroatoms. The third-order valence-corrected chi connectivity index (χ3v) is 3.48. The number of amides is 1. The Bertz CT molecular complexity index is 468. The number of thioether (sulfide) groups is 1. The van der Waals surface area contributed by atoms with Crippen molar-refractivity contribution in [3.8, 4) is 0 Å². The predicted molar refractivity (Wildman–Crippen MR) is 78.1 cm³/mol. The molecule has 1 aromatic rings. The number of para-hydroxylation sites is 1. The summed E-state index contributed by atoms with van der Waals surface area (Å²) < 4.78 is 0. The van der Waals surface area contributed by atoms with Crippen LogP contribution in [-0.4, -0.2) is 29.4 Å². The molecule has 1 aromatic carbocycles. The fourth-order valence-corrected chi connectivity index (χ4v) is 2.29. The summed E-state index contributed by atoms with van der Waals surface area (Å²) in [6.45, 7) is 0.503. The molecule has 0 unspecified atom stereocenters. The van der Waals surface area contributed by atoms with Crippen molar-refractivity contribution in [3.63, 3.8) is 0 Å². The second-order valence-corrected chi connectivity index (χ2v) is 5.24. The lowest BCUT2D eigenvalue weighted by molar-refractivity contribution is -0.385. The molecule has 0 aliphatic rings. The molecule has 0 saturated carbocycles. The van der Waals surface area contributed by atoms with Gasteiger partial charge >= 0.3 is 5.69 Å². The van der Waals surface area contributed by atoms with E-state index < -0.39 is 10.8 Å². The predicted octanol–water partition coefficient (Wildman–Crippen LogP) is 3.12. The van der Waals surface area contributed by atoms with E-state index in [2.05, 4.69) is 5.32 Å². The molecule has 19 heavy (non-hydrogen) atoms. The first kappa shape index (κ1) is 15.8. The Morgan fingerprint density at radius 1 is 1.47 bits per heavy atom. The van der Waals surface area contributed by atoms with E-state index in [0.29, 0.717) is 6.54 Å². The highest BCUT2D eigenvalue weighted by Crippen LogP contribution is 2.27. The molecule has 0 aliphatic carbocycles. The average Bonchev–Trinajstić information content (AvgIpc) is 2.37. The Balaban J connectivity index is 2.67. The third kappa shape index (κ3) is 4.72. The maximum atomic E-state index is 11.9. The lowest BCUT2D eigenvalue weighted by Gasteiger charge is -2.06. The fourth-order valence-electron chi connectivity index (χ4n) is 1.55. The number of carbonyl (C=O) groups excluding carboxylic acids is 1. The number of nitrogens with zero attached hydrogens (tertiary/aromatic N) is 1. The molecule has 0 radical (unpaired) electrons. The minimum Gasteiger partial charge on any atom is -0.352 e. The van der Waals surface area contributed by atoms with Gasteiger partial charge in [0.1, 0.15) is 10.6 Å². The van der Waals surface area contributed by atoms with Gasteiger partial charge in [0, 0.05) is 6.54 Å². The van der Waals surface area contributed by atoms with E-state index in [0.717, 1.165) is 18.6 Å². The number of hydrogen-bond donors (Lipinski definition) is 1. The monoisotopic (exact) mass is 302 g/mol. The molecule has 1 N–H and O–H groups in total. The Morgan fingerprint density at radius 3 is 2.84 bits per heavy atom. The van der Waals surface area contributed by atoms with Crippen molar-refractivity contribution in [1.29, 1.82) is 0 Å². The molecule has 1 rings (SSSR count). The second-order valence-electron chi connectivity index (χ2n) is 3.85. The summed E-state index contributed by atoms with van der Waals surface area (Å²) in [6, 6.07) is 4.33. The molecule has 0 spiro atoms. The van der Waals surface area contributed by atoms with Crippen LogP contribution >= 0.6 is 23.4 Å². The molecule has 104 valence electrons. The summed E-state index contributed by atoms with van der Waals surface area (Å²) in [5, 5.41) is 13.5.